The number of hydrogen-bond donors (Lipinski definition) is 0. The van der Waals surface area contributed by atoms with Crippen molar-refractivity contribution in [2.75, 3.05) is 31.1 Å². The monoisotopic (exact) mass is 382 g/mol. The van der Waals surface area contributed by atoms with Crippen LogP contribution in [0.5, 0.6) is 0 Å². The number of piperazine rings is 1. The van der Waals surface area contributed by atoms with Gasteiger partial charge in [0, 0.05) is 38.2 Å². The number of anilines is 1. The zero-order chi connectivity index (χ0) is 19.7. The van der Waals surface area contributed by atoms with Crippen LogP contribution in [0.4, 0.5) is 10.1 Å². The summed E-state index contributed by atoms with van der Waals surface area (Å²) in [6.07, 6.45) is 2.63. The molecule has 1 amide bonds. The molecule has 7 nitrogen and oxygen atoms in total. The normalized spacial score (nSPS) is 14.7. The van der Waals surface area contributed by atoms with Gasteiger partial charge in [-0.1, -0.05) is 12.1 Å². The molecule has 1 aliphatic rings. The van der Waals surface area contributed by atoms with E-state index < -0.39 is 0 Å². The van der Waals surface area contributed by atoms with Crippen LogP contribution in [0.1, 0.15) is 23.2 Å². The number of rotatable bonds is 4. The maximum Gasteiger partial charge on any atom is 0.223 e. The highest BCUT2D eigenvalue weighted by Gasteiger charge is 2.23. The van der Waals surface area contributed by atoms with Gasteiger partial charge in [0.1, 0.15) is 12.1 Å². The first-order chi connectivity index (χ1) is 13.5. The fourth-order valence-electron chi connectivity index (χ4n) is 3.84. The van der Waals surface area contributed by atoms with Crippen molar-refractivity contribution in [3.8, 4) is 0 Å². The Morgan fingerprint density at radius 3 is 2.64 bits per heavy atom. The van der Waals surface area contributed by atoms with Crippen molar-refractivity contribution >= 4 is 17.2 Å². The Balaban J connectivity index is 1.37. The zero-order valence-corrected chi connectivity index (χ0v) is 16.1. The quantitative estimate of drug-likeness (QED) is 0.692. The molecule has 0 radical (unpaired) electrons. The van der Waals surface area contributed by atoms with Gasteiger partial charge in [-0.3, -0.25) is 4.79 Å². The molecule has 0 saturated carbocycles. The summed E-state index contributed by atoms with van der Waals surface area (Å²) in [5, 5.41) is 12.5. The third-order valence-corrected chi connectivity index (χ3v) is 5.43. The molecule has 28 heavy (non-hydrogen) atoms. The van der Waals surface area contributed by atoms with E-state index in [2.05, 4.69) is 15.3 Å². The molecule has 8 heteroatoms. The molecule has 4 rings (SSSR count). The largest absolute Gasteiger partial charge is 0.366 e. The minimum atomic E-state index is -0.218. The summed E-state index contributed by atoms with van der Waals surface area (Å²) >= 11 is 0. The van der Waals surface area contributed by atoms with Crippen LogP contribution in [-0.4, -0.2) is 56.8 Å². The highest BCUT2D eigenvalue weighted by Crippen LogP contribution is 2.21. The predicted molar refractivity (Wildman–Crippen MR) is 104 cm³/mol. The summed E-state index contributed by atoms with van der Waals surface area (Å²) in [5.74, 6) is -0.0991. The molecular weight excluding hydrogens is 359 g/mol. The van der Waals surface area contributed by atoms with Crippen LogP contribution in [0.2, 0.25) is 0 Å². The summed E-state index contributed by atoms with van der Waals surface area (Å²) in [7, 11) is 0. The van der Waals surface area contributed by atoms with Gasteiger partial charge in [0.25, 0.3) is 0 Å². The van der Waals surface area contributed by atoms with Crippen LogP contribution < -0.4 is 4.90 Å². The number of para-hydroxylation sites is 1. The molecule has 1 aromatic carbocycles. The summed E-state index contributed by atoms with van der Waals surface area (Å²) in [4.78, 5) is 16.6. The van der Waals surface area contributed by atoms with Gasteiger partial charge in [-0.05, 0) is 38.0 Å². The SMILES string of the molecule is Cc1nn2cnnc2c(C)c1CCC(=O)N1CCN(c2ccccc2F)CC1. The summed E-state index contributed by atoms with van der Waals surface area (Å²) in [6.45, 7) is 6.42. The van der Waals surface area contributed by atoms with Crippen LogP contribution in [0, 0.1) is 19.7 Å². The van der Waals surface area contributed by atoms with Crippen molar-refractivity contribution in [3.05, 3.63) is 53.2 Å². The molecule has 146 valence electrons. The van der Waals surface area contributed by atoms with Crippen molar-refractivity contribution in [1.82, 2.24) is 24.7 Å². The fraction of sp³-hybridized carbons (Fsp3) is 0.400. The van der Waals surface area contributed by atoms with Crippen molar-refractivity contribution in [3.63, 3.8) is 0 Å². The Morgan fingerprint density at radius 1 is 1.14 bits per heavy atom. The number of nitrogens with zero attached hydrogens (tertiary/aromatic N) is 6. The van der Waals surface area contributed by atoms with Crippen LogP contribution in [0.25, 0.3) is 5.65 Å². The zero-order valence-electron chi connectivity index (χ0n) is 16.1. The van der Waals surface area contributed by atoms with Gasteiger partial charge >= 0.3 is 0 Å². The third-order valence-electron chi connectivity index (χ3n) is 5.43. The van der Waals surface area contributed by atoms with E-state index >= 15 is 0 Å². The van der Waals surface area contributed by atoms with Gasteiger partial charge in [0.05, 0.1) is 11.4 Å². The van der Waals surface area contributed by atoms with E-state index in [4.69, 9.17) is 0 Å². The molecule has 0 aliphatic carbocycles. The Bertz CT molecular complexity index is 1010. The smallest absolute Gasteiger partial charge is 0.223 e. The number of benzene rings is 1. The van der Waals surface area contributed by atoms with E-state index in [9.17, 15) is 9.18 Å². The molecule has 2 aromatic heterocycles. The average Bonchev–Trinajstić information content (AvgIpc) is 3.17. The van der Waals surface area contributed by atoms with E-state index in [1.165, 1.54) is 6.07 Å². The second kappa shape index (κ2) is 7.53. The average molecular weight is 382 g/mol. The Labute approximate surface area is 162 Å². The molecule has 1 saturated heterocycles. The molecule has 0 bridgehead atoms. The predicted octanol–water partition coefficient (Wildman–Crippen LogP) is 2.16. The van der Waals surface area contributed by atoms with Gasteiger partial charge in [0.2, 0.25) is 5.91 Å². The first-order valence-corrected chi connectivity index (χ1v) is 9.48. The number of aryl methyl sites for hydroxylation is 2. The van der Waals surface area contributed by atoms with E-state index in [-0.39, 0.29) is 11.7 Å². The standard InChI is InChI=1S/C20H23FN6O/c1-14-16(15(2)24-27-13-22-23-20(14)27)7-8-19(28)26-11-9-25(10-12-26)18-6-4-3-5-17(18)21/h3-6,13H,7-12H2,1-2H3. The summed E-state index contributed by atoms with van der Waals surface area (Å²) in [5.41, 5.74) is 4.29. The molecule has 1 fully saturated rings. The van der Waals surface area contributed by atoms with Crippen molar-refractivity contribution in [2.24, 2.45) is 0 Å². The lowest BCUT2D eigenvalue weighted by Gasteiger charge is -2.36. The van der Waals surface area contributed by atoms with E-state index in [1.807, 2.05) is 29.7 Å². The molecule has 0 N–H and O–H groups in total. The lowest BCUT2D eigenvalue weighted by molar-refractivity contribution is -0.131. The maximum atomic E-state index is 14.0. The van der Waals surface area contributed by atoms with Crippen LogP contribution >= 0.6 is 0 Å². The molecular formula is C20H23FN6O. The van der Waals surface area contributed by atoms with Crippen molar-refractivity contribution in [1.29, 1.82) is 0 Å². The minimum Gasteiger partial charge on any atom is -0.366 e. The Kier molecular flexibility index (Phi) is 4.93. The lowest BCUT2D eigenvalue weighted by atomic mass is 10.0. The first kappa shape index (κ1) is 18.3. The van der Waals surface area contributed by atoms with Crippen LogP contribution in [0.3, 0.4) is 0 Å². The highest BCUT2D eigenvalue weighted by atomic mass is 19.1. The number of aromatic nitrogens is 4. The molecule has 1 aliphatic heterocycles. The van der Waals surface area contributed by atoms with E-state index in [1.54, 1.807) is 23.0 Å². The summed E-state index contributed by atoms with van der Waals surface area (Å²) < 4.78 is 15.6. The molecule has 3 aromatic rings. The fourth-order valence-corrected chi connectivity index (χ4v) is 3.84. The first-order valence-electron chi connectivity index (χ1n) is 9.48. The Morgan fingerprint density at radius 2 is 1.89 bits per heavy atom. The highest BCUT2D eigenvalue weighted by molar-refractivity contribution is 5.77. The minimum absolute atomic E-state index is 0.119. The van der Waals surface area contributed by atoms with Gasteiger partial charge in [-0.15, -0.1) is 10.2 Å². The lowest BCUT2D eigenvalue weighted by Crippen LogP contribution is -2.49. The second-order valence-electron chi connectivity index (χ2n) is 7.11. The molecule has 0 atom stereocenters. The van der Waals surface area contributed by atoms with Gasteiger partial charge in [-0.2, -0.15) is 5.10 Å². The Hall–Kier alpha value is -3.03. The maximum absolute atomic E-state index is 14.0. The second-order valence-corrected chi connectivity index (χ2v) is 7.11. The van der Waals surface area contributed by atoms with Crippen LogP contribution in [0.15, 0.2) is 30.6 Å². The van der Waals surface area contributed by atoms with Gasteiger partial charge in [-0.25, -0.2) is 8.91 Å². The topological polar surface area (TPSA) is 66.6 Å². The van der Waals surface area contributed by atoms with Gasteiger partial charge < -0.3 is 9.80 Å². The van der Waals surface area contributed by atoms with E-state index in [0.29, 0.717) is 44.7 Å². The van der Waals surface area contributed by atoms with Gasteiger partial charge in [0.15, 0.2) is 5.65 Å². The van der Waals surface area contributed by atoms with E-state index in [0.717, 1.165) is 22.5 Å². The van der Waals surface area contributed by atoms with Crippen molar-refractivity contribution < 1.29 is 9.18 Å². The number of carbonyl (C=O) groups excluding carboxylic acids is 1. The number of carbonyl (C=O) groups is 1. The van der Waals surface area contributed by atoms with Crippen LogP contribution in [-0.2, 0) is 11.2 Å². The number of fused-ring (bicyclic) bond motifs is 1. The molecule has 0 spiro atoms. The third kappa shape index (κ3) is 3.42. The molecule has 3 heterocycles. The summed E-state index contributed by atoms with van der Waals surface area (Å²) in [6, 6.07) is 6.78. The number of halogens is 1. The molecule has 0 unspecified atom stereocenters. The van der Waals surface area contributed by atoms with Crippen molar-refractivity contribution in [2.45, 2.75) is 26.7 Å². The number of hydrogen-bond acceptors (Lipinski definition) is 5. The number of amides is 1.